The van der Waals surface area contributed by atoms with Crippen LogP contribution in [0.4, 0.5) is 10.1 Å². The average molecular weight is 358 g/mol. The molecular formula is C14H13BrFNO4. The molecule has 0 aromatic heterocycles. The Bertz CT molecular complexity index is 601. The molecule has 112 valence electrons. The maximum absolute atomic E-state index is 13.7. The summed E-state index contributed by atoms with van der Waals surface area (Å²) in [6.07, 6.45) is 0.904. The van der Waals surface area contributed by atoms with Crippen molar-refractivity contribution in [2.45, 2.75) is 19.1 Å². The monoisotopic (exact) mass is 357 g/mol. The highest BCUT2D eigenvalue weighted by molar-refractivity contribution is 9.10. The predicted octanol–water partition coefficient (Wildman–Crippen LogP) is 2.27. The molecule has 5 nitrogen and oxygen atoms in total. The van der Waals surface area contributed by atoms with E-state index in [4.69, 9.17) is 9.47 Å². The van der Waals surface area contributed by atoms with E-state index in [-0.39, 0.29) is 22.9 Å². The zero-order valence-electron chi connectivity index (χ0n) is 11.1. The van der Waals surface area contributed by atoms with Gasteiger partial charge in [0.05, 0.1) is 28.9 Å². The number of rotatable bonds is 3. The Balaban J connectivity index is 1.78. The zero-order chi connectivity index (χ0) is 15.0. The summed E-state index contributed by atoms with van der Waals surface area (Å²) in [5.74, 6) is -1.76. The molecule has 1 amide bonds. The molecule has 0 radical (unpaired) electrons. The Morgan fingerprint density at radius 2 is 2.00 bits per heavy atom. The summed E-state index contributed by atoms with van der Waals surface area (Å²) >= 11 is 3.02. The number of hydrogen-bond donors (Lipinski definition) is 0. The third-order valence-corrected chi connectivity index (χ3v) is 4.11. The van der Waals surface area contributed by atoms with Crippen molar-refractivity contribution in [2.24, 2.45) is 0 Å². The van der Waals surface area contributed by atoms with Gasteiger partial charge in [-0.25, -0.2) is 4.39 Å². The number of anilines is 1. The van der Waals surface area contributed by atoms with Crippen LogP contribution in [-0.4, -0.2) is 37.7 Å². The Kier molecular flexibility index (Phi) is 4.05. The smallest absolute Gasteiger partial charge is 0.299 e. The number of fused-ring (bicyclic) bond motifs is 1. The van der Waals surface area contributed by atoms with Crippen molar-refractivity contribution in [3.05, 3.63) is 28.0 Å². The van der Waals surface area contributed by atoms with Crippen LogP contribution >= 0.6 is 15.9 Å². The Labute approximate surface area is 129 Å². The first-order valence-corrected chi connectivity index (χ1v) is 7.45. The molecule has 3 rings (SSSR count). The highest BCUT2D eigenvalue weighted by Gasteiger charge is 2.37. The minimum Gasteiger partial charge on any atom is -0.353 e. The van der Waals surface area contributed by atoms with Crippen LogP contribution in [0.3, 0.4) is 0 Å². The van der Waals surface area contributed by atoms with Gasteiger partial charge in [0.2, 0.25) is 0 Å². The Morgan fingerprint density at radius 3 is 2.71 bits per heavy atom. The van der Waals surface area contributed by atoms with Gasteiger partial charge in [0, 0.05) is 13.0 Å². The van der Waals surface area contributed by atoms with Gasteiger partial charge in [-0.3, -0.25) is 9.59 Å². The van der Waals surface area contributed by atoms with Gasteiger partial charge < -0.3 is 14.4 Å². The molecule has 0 N–H and O–H groups in total. The van der Waals surface area contributed by atoms with Crippen molar-refractivity contribution in [1.82, 2.24) is 0 Å². The summed E-state index contributed by atoms with van der Waals surface area (Å²) in [4.78, 5) is 25.2. The number of benzene rings is 1. The fourth-order valence-electron chi connectivity index (χ4n) is 2.45. The van der Waals surface area contributed by atoms with Crippen molar-refractivity contribution >= 4 is 33.3 Å². The summed E-state index contributed by atoms with van der Waals surface area (Å²) in [7, 11) is 0. The first-order valence-electron chi connectivity index (χ1n) is 6.66. The van der Waals surface area contributed by atoms with E-state index in [1.54, 1.807) is 0 Å². The number of nitrogens with zero attached hydrogens (tertiary/aromatic N) is 1. The van der Waals surface area contributed by atoms with Gasteiger partial charge in [0.25, 0.3) is 11.7 Å². The molecule has 2 aliphatic heterocycles. The number of ether oxygens (including phenoxy) is 2. The Morgan fingerprint density at radius 1 is 1.29 bits per heavy atom. The predicted molar refractivity (Wildman–Crippen MR) is 75.7 cm³/mol. The molecule has 0 bridgehead atoms. The number of Topliss-reactive ketones (excluding diaryl/α,β-unsaturated/α-hetero) is 1. The van der Waals surface area contributed by atoms with E-state index < -0.39 is 17.5 Å². The normalized spacial score (nSPS) is 19.2. The summed E-state index contributed by atoms with van der Waals surface area (Å²) in [6.45, 7) is 1.49. The lowest BCUT2D eigenvalue weighted by molar-refractivity contribution is -0.179. The van der Waals surface area contributed by atoms with E-state index >= 15 is 0 Å². The van der Waals surface area contributed by atoms with Gasteiger partial charge in [0.1, 0.15) is 5.82 Å². The minimum atomic E-state index is -0.640. The molecular weight excluding hydrogens is 345 g/mol. The van der Waals surface area contributed by atoms with Gasteiger partial charge in [-0.15, -0.1) is 0 Å². The Hall–Kier alpha value is -1.31. The van der Waals surface area contributed by atoms with Gasteiger partial charge in [0.15, 0.2) is 6.29 Å². The molecule has 7 heteroatoms. The molecule has 0 atom stereocenters. The second-order valence-corrected chi connectivity index (χ2v) is 5.74. The van der Waals surface area contributed by atoms with Crippen LogP contribution < -0.4 is 4.90 Å². The molecule has 0 spiro atoms. The summed E-state index contributed by atoms with van der Waals surface area (Å²) in [5, 5.41) is 0. The third kappa shape index (κ3) is 2.73. The molecule has 2 aliphatic rings. The van der Waals surface area contributed by atoms with E-state index in [9.17, 15) is 14.0 Å². The van der Waals surface area contributed by atoms with Crippen molar-refractivity contribution in [2.75, 3.05) is 24.7 Å². The summed E-state index contributed by atoms with van der Waals surface area (Å²) in [6, 6.07) is 2.54. The topological polar surface area (TPSA) is 55.8 Å². The number of halogens is 2. The number of carbonyl (C=O) groups excluding carboxylic acids is 2. The van der Waals surface area contributed by atoms with Crippen molar-refractivity contribution in [3.8, 4) is 0 Å². The molecule has 2 heterocycles. The van der Waals surface area contributed by atoms with Gasteiger partial charge in [-0.2, -0.15) is 0 Å². The minimum absolute atomic E-state index is 0.170. The van der Waals surface area contributed by atoms with Crippen LogP contribution in [0.2, 0.25) is 0 Å². The van der Waals surface area contributed by atoms with Gasteiger partial charge >= 0.3 is 0 Å². The van der Waals surface area contributed by atoms with Gasteiger partial charge in [-0.05, 0) is 34.5 Å². The number of amides is 1. The number of hydrogen-bond acceptors (Lipinski definition) is 4. The fourth-order valence-corrected chi connectivity index (χ4v) is 2.79. The molecule has 1 aromatic carbocycles. The lowest BCUT2D eigenvalue weighted by atomic mass is 10.1. The molecule has 1 saturated heterocycles. The average Bonchev–Trinajstić information content (AvgIpc) is 2.71. The molecule has 0 aliphatic carbocycles. The first-order chi connectivity index (χ1) is 10.1. The zero-order valence-corrected chi connectivity index (χ0v) is 12.7. The molecule has 21 heavy (non-hydrogen) atoms. The number of carbonyl (C=O) groups is 2. The summed E-state index contributed by atoms with van der Waals surface area (Å²) < 4.78 is 24.6. The highest BCUT2D eigenvalue weighted by atomic mass is 79.9. The van der Waals surface area contributed by atoms with Crippen LogP contribution in [0.1, 0.15) is 23.2 Å². The van der Waals surface area contributed by atoms with E-state index in [1.165, 1.54) is 17.0 Å². The maximum atomic E-state index is 13.7. The standard InChI is InChI=1S/C14H13BrFNO4/c15-9-6-8-11(7-10(9)16)17(14(19)13(8)18)3-2-12-20-4-1-5-21-12/h6-7,12H,1-5H2. The van der Waals surface area contributed by atoms with Crippen molar-refractivity contribution in [3.63, 3.8) is 0 Å². The van der Waals surface area contributed by atoms with E-state index in [0.717, 1.165) is 6.42 Å². The molecule has 1 fully saturated rings. The quantitative estimate of drug-likeness (QED) is 0.778. The van der Waals surface area contributed by atoms with E-state index in [2.05, 4.69) is 15.9 Å². The second-order valence-electron chi connectivity index (χ2n) is 4.88. The lowest BCUT2D eigenvalue weighted by Crippen LogP contribution is -2.35. The molecule has 0 unspecified atom stereocenters. The third-order valence-electron chi connectivity index (χ3n) is 3.50. The van der Waals surface area contributed by atoms with Crippen LogP contribution in [0.5, 0.6) is 0 Å². The summed E-state index contributed by atoms with van der Waals surface area (Å²) in [5.41, 5.74) is 0.528. The lowest BCUT2D eigenvalue weighted by Gasteiger charge is -2.25. The maximum Gasteiger partial charge on any atom is 0.299 e. The second kappa shape index (κ2) is 5.82. The van der Waals surface area contributed by atoms with Crippen molar-refractivity contribution < 1.29 is 23.5 Å². The highest BCUT2D eigenvalue weighted by Crippen LogP contribution is 2.33. The van der Waals surface area contributed by atoms with Gasteiger partial charge in [-0.1, -0.05) is 0 Å². The van der Waals surface area contributed by atoms with E-state index in [1.807, 2.05) is 0 Å². The van der Waals surface area contributed by atoms with Crippen LogP contribution in [0.15, 0.2) is 16.6 Å². The van der Waals surface area contributed by atoms with Crippen LogP contribution in [0, 0.1) is 5.82 Å². The molecule has 1 aromatic rings. The van der Waals surface area contributed by atoms with E-state index in [0.29, 0.717) is 25.3 Å². The fraction of sp³-hybridized carbons (Fsp3) is 0.429. The van der Waals surface area contributed by atoms with Crippen LogP contribution in [-0.2, 0) is 14.3 Å². The SMILES string of the molecule is O=C1C(=O)N(CCC2OCCCO2)c2cc(F)c(Br)cc21. The largest absolute Gasteiger partial charge is 0.353 e. The van der Waals surface area contributed by atoms with Crippen molar-refractivity contribution in [1.29, 1.82) is 0 Å². The number of ketones is 1. The molecule has 0 saturated carbocycles. The first kappa shape index (κ1) is 14.6. The van der Waals surface area contributed by atoms with Crippen LogP contribution in [0.25, 0.3) is 0 Å².